The number of carbonyl (C=O) groups excluding carboxylic acids is 3. The molecule has 1 saturated heterocycles. The molecule has 1 fully saturated rings. The number of ether oxygens (including phenoxy) is 3. The summed E-state index contributed by atoms with van der Waals surface area (Å²) in [4.78, 5) is 40.6. The van der Waals surface area contributed by atoms with Crippen molar-refractivity contribution >= 4 is 52.6 Å². The number of piperazine rings is 1. The highest BCUT2D eigenvalue weighted by atomic mass is 35.5. The molecule has 1 N–H and O–H groups in total. The van der Waals surface area contributed by atoms with Gasteiger partial charge in [0, 0.05) is 45.9 Å². The van der Waals surface area contributed by atoms with Crippen LogP contribution in [0.1, 0.15) is 20.8 Å². The van der Waals surface area contributed by atoms with Gasteiger partial charge in [-0.05, 0) is 32.0 Å². The van der Waals surface area contributed by atoms with Crippen molar-refractivity contribution in [2.24, 2.45) is 0 Å². The number of amides is 1. The molecule has 0 unspecified atom stereocenters. The predicted octanol–water partition coefficient (Wildman–Crippen LogP) is 3.10. The van der Waals surface area contributed by atoms with Gasteiger partial charge in [0.15, 0.2) is 5.57 Å². The van der Waals surface area contributed by atoms with E-state index in [9.17, 15) is 14.4 Å². The molecule has 1 amide bonds. The Kier molecular flexibility index (Phi) is 10.8. The summed E-state index contributed by atoms with van der Waals surface area (Å²) < 4.78 is 15.3. The largest absolute Gasteiger partial charge is 0.462 e. The zero-order chi connectivity index (χ0) is 24.4. The average Bonchev–Trinajstić information content (AvgIpc) is 2.79. The monoisotopic (exact) mass is 499 g/mol. The molecular formula is C22H30ClN3O6S. The molecule has 182 valence electrons. The Morgan fingerprint density at radius 3 is 2.18 bits per heavy atom. The van der Waals surface area contributed by atoms with E-state index >= 15 is 0 Å². The van der Waals surface area contributed by atoms with Crippen molar-refractivity contribution in [1.82, 2.24) is 4.90 Å². The van der Waals surface area contributed by atoms with Gasteiger partial charge in [0.25, 0.3) is 0 Å². The van der Waals surface area contributed by atoms with Crippen molar-refractivity contribution in [3.05, 3.63) is 33.8 Å². The van der Waals surface area contributed by atoms with Crippen LogP contribution < -0.4 is 10.2 Å². The van der Waals surface area contributed by atoms with Gasteiger partial charge >= 0.3 is 11.9 Å². The molecule has 1 aromatic rings. The second kappa shape index (κ2) is 13.3. The molecule has 1 aromatic carbocycles. The number of thioether (sulfide) groups is 1. The number of esters is 2. The van der Waals surface area contributed by atoms with Crippen molar-refractivity contribution in [1.29, 1.82) is 0 Å². The Hall–Kier alpha value is -2.43. The van der Waals surface area contributed by atoms with Gasteiger partial charge in [-0.1, -0.05) is 23.4 Å². The molecule has 9 nitrogen and oxygen atoms in total. The Morgan fingerprint density at radius 1 is 1.06 bits per heavy atom. The van der Waals surface area contributed by atoms with Crippen LogP contribution in [0.5, 0.6) is 0 Å². The molecule has 33 heavy (non-hydrogen) atoms. The molecule has 2 rings (SSSR count). The first-order valence-corrected chi connectivity index (χ1v) is 12.0. The molecular weight excluding hydrogens is 470 g/mol. The maximum absolute atomic E-state index is 12.6. The molecule has 0 aromatic heterocycles. The van der Waals surface area contributed by atoms with E-state index < -0.39 is 11.9 Å². The Balaban J connectivity index is 2.37. The van der Waals surface area contributed by atoms with Crippen LogP contribution in [-0.2, 0) is 28.6 Å². The fourth-order valence-corrected chi connectivity index (χ4v) is 4.16. The number of rotatable bonds is 10. The van der Waals surface area contributed by atoms with Crippen LogP contribution in [0.4, 0.5) is 11.4 Å². The lowest BCUT2D eigenvalue weighted by molar-refractivity contribution is -0.146. The number of methoxy groups -OCH3 is 1. The van der Waals surface area contributed by atoms with Crippen molar-refractivity contribution < 1.29 is 28.6 Å². The van der Waals surface area contributed by atoms with Crippen LogP contribution >= 0.6 is 23.4 Å². The number of benzene rings is 1. The van der Waals surface area contributed by atoms with E-state index in [0.717, 1.165) is 17.4 Å². The highest BCUT2D eigenvalue weighted by molar-refractivity contribution is 8.03. The summed E-state index contributed by atoms with van der Waals surface area (Å²) in [6, 6.07) is 5.33. The summed E-state index contributed by atoms with van der Waals surface area (Å²) in [6.07, 6.45) is 0. The van der Waals surface area contributed by atoms with Crippen LogP contribution in [0.3, 0.4) is 0 Å². The molecule has 11 heteroatoms. The van der Waals surface area contributed by atoms with Gasteiger partial charge in [-0.15, -0.1) is 0 Å². The number of carbonyl (C=O) groups is 3. The van der Waals surface area contributed by atoms with Crippen molar-refractivity contribution in [3.8, 4) is 0 Å². The second-order valence-corrected chi connectivity index (χ2v) is 8.32. The van der Waals surface area contributed by atoms with Crippen LogP contribution in [0.2, 0.25) is 5.02 Å². The van der Waals surface area contributed by atoms with Crippen LogP contribution in [0, 0.1) is 0 Å². The van der Waals surface area contributed by atoms with Gasteiger partial charge in [-0.2, -0.15) is 0 Å². The summed E-state index contributed by atoms with van der Waals surface area (Å²) in [6.45, 7) is 7.59. The van der Waals surface area contributed by atoms with Crippen LogP contribution in [0.25, 0.3) is 0 Å². The Labute approximate surface area is 203 Å². The second-order valence-electron chi connectivity index (χ2n) is 6.98. The third-order valence-corrected chi connectivity index (χ3v) is 6.05. The fourth-order valence-electron chi connectivity index (χ4n) is 3.19. The maximum Gasteiger partial charge on any atom is 0.348 e. The van der Waals surface area contributed by atoms with Gasteiger partial charge in [0.1, 0.15) is 0 Å². The first kappa shape index (κ1) is 26.8. The van der Waals surface area contributed by atoms with E-state index in [4.69, 9.17) is 25.8 Å². The lowest BCUT2D eigenvalue weighted by Crippen LogP contribution is -2.48. The molecule has 0 atom stereocenters. The third-order valence-electron chi connectivity index (χ3n) is 4.78. The predicted molar refractivity (Wildman–Crippen MR) is 129 cm³/mol. The fraction of sp³-hybridized carbons (Fsp3) is 0.500. The Morgan fingerprint density at radius 2 is 1.67 bits per heavy atom. The topological polar surface area (TPSA) is 97.4 Å². The molecule has 0 spiro atoms. The number of nitrogens with zero attached hydrogens (tertiary/aromatic N) is 2. The molecule has 0 bridgehead atoms. The van der Waals surface area contributed by atoms with E-state index in [1.165, 1.54) is 7.11 Å². The molecule has 0 aliphatic carbocycles. The summed E-state index contributed by atoms with van der Waals surface area (Å²) in [5.74, 6) is -1.32. The number of hydrogen-bond acceptors (Lipinski definition) is 9. The summed E-state index contributed by atoms with van der Waals surface area (Å²) in [7, 11) is 1.51. The van der Waals surface area contributed by atoms with Gasteiger partial charge in [-0.25, -0.2) is 9.59 Å². The van der Waals surface area contributed by atoms with Crippen LogP contribution in [0.15, 0.2) is 28.8 Å². The Bertz CT molecular complexity index is 867. The smallest absolute Gasteiger partial charge is 0.348 e. The average molecular weight is 500 g/mol. The summed E-state index contributed by atoms with van der Waals surface area (Å²) in [5, 5.41) is 3.95. The summed E-state index contributed by atoms with van der Waals surface area (Å²) in [5.41, 5.74) is 1.18. The first-order chi connectivity index (χ1) is 15.8. The van der Waals surface area contributed by atoms with E-state index in [2.05, 4.69) is 10.2 Å². The van der Waals surface area contributed by atoms with Gasteiger partial charge in [-0.3, -0.25) is 4.79 Å². The van der Waals surface area contributed by atoms with E-state index in [0.29, 0.717) is 36.9 Å². The van der Waals surface area contributed by atoms with E-state index in [-0.39, 0.29) is 35.7 Å². The molecule has 1 aliphatic heterocycles. The van der Waals surface area contributed by atoms with Crippen molar-refractivity contribution in [2.45, 2.75) is 20.8 Å². The van der Waals surface area contributed by atoms with Crippen molar-refractivity contribution in [3.63, 3.8) is 0 Å². The van der Waals surface area contributed by atoms with Gasteiger partial charge in [0.05, 0.1) is 34.9 Å². The highest BCUT2D eigenvalue weighted by Crippen LogP contribution is 2.32. The van der Waals surface area contributed by atoms with Gasteiger partial charge in [0.2, 0.25) is 5.91 Å². The van der Waals surface area contributed by atoms with E-state index in [1.807, 2.05) is 6.07 Å². The SMILES string of the molecule is CCOC(=O)C(C(=O)OCC)=C(Nc1ccc(Cl)c(N2CCN(C(C)=O)CC2)c1)SCOC. The standard InChI is InChI=1S/C22H30ClN3O6S/c1-5-31-21(28)19(22(29)32-6-2)20(33-14-30-4)24-16-7-8-17(23)18(13-16)26-11-9-25(10-12-26)15(3)27/h7-8,13,24H,5-6,9-12,14H2,1-4H3. The minimum absolute atomic E-state index is 0.0478. The van der Waals surface area contributed by atoms with E-state index in [1.54, 1.807) is 37.8 Å². The minimum atomic E-state index is -0.781. The van der Waals surface area contributed by atoms with Gasteiger partial charge < -0.3 is 29.3 Å². The minimum Gasteiger partial charge on any atom is -0.462 e. The molecule has 1 aliphatic rings. The molecule has 0 saturated carbocycles. The number of nitrogens with one attached hydrogen (secondary N) is 1. The molecule has 0 radical (unpaired) electrons. The molecule has 1 heterocycles. The quantitative estimate of drug-likeness (QED) is 0.171. The maximum atomic E-state index is 12.6. The van der Waals surface area contributed by atoms with Crippen LogP contribution in [-0.4, -0.2) is 75.2 Å². The normalized spacial score (nSPS) is 13.4. The number of hydrogen-bond donors (Lipinski definition) is 1. The first-order valence-electron chi connectivity index (χ1n) is 10.6. The third kappa shape index (κ3) is 7.55. The lowest BCUT2D eigenvalue weighted by Gasteiger charge is -2.36. The highest BCUT2D eigenvalue weighted by Gasteiger charge is 2.27. The zero-order valence-corrected chi connectivity index (χ0v) is 20.9. The lowest BCUT2D eigenvalue weighted by atomic mass is 10.2. The number of anilines is 2. The number of halogens is 1. The zero-order valence-electron chi connectivity index (χ0n) is 19.3. The van der Waals surface area contributed by atoms with Crippen molar-refractivity contribution in [2.75, 3.05) is 62.7 Å². The summed E-state index contributed by atoms with van der Waals surface area (Å²) >= 11 is 7.60.